The number of amides is 1. The minimum Gasteiger partial charge on any atom is -0.493 e. The van der Waals surface area contributed by atoms with Crippen LogP contribution in [-0.4, -0.2) is 42.4 Å². The van der Waals surface area contributed by atoms with E-state index in [0.717, 1.165) is 5.56 Å². The van der Waals surface area contributed by atoms with Gasteiger partial charge in [0.2, 0.25) is 0 Å². The lowest BCUT2D eigenvalue weighted by molar-refractivity contribution is 0.101. The van der Waals surface area contributed by atoms with Crippen molar-refractivity contribution in [2.75, 3.05) is 20.8 Å². The van der Waals surface area contributed by atoms with E-state index < -0.39 is 11.6 Å². The second-order valence-corrected chi connectivity index (χ2v) is 5.54. The Morgan fingerprint density at radius 1 is 1.20 bits per heavy atom. The molecule has 1 amide bonds. The molecule has 1 N–H and O–H groups in total. The van der Waals surface area contributed by atoms with E-state index in [9.17, 15) is 9.90 Å². The molecule has 0 aromatic heterocycles. The maximum Gasteiger partial charge on any atom is 0.407 e. The molecule has 0 atom stereocenters. The van der Waals surface area contributed by atoms with Crippen LogP contribution in [0.1, 0.15) is 26.3 Å². The number of carbonyl (C=O) groups is 1. The second kappa shape index (κ2) is 6.50. The zero-order chi connectivity index (χ0) is 15.3. The monoisotopic (exact) mass is 281 g/mol. The van der Waals surface area contributed by atoms with Crippen molar-refractivity contribution in [1.29, 1.82) is 0 Å². The van der Waals surface area contributed by atoms with Crippen LogP contribution in [0, 0.1) is 0 Å². The van der Waals surface area contributed by atoms with Crippen molar-refractivity contribution in [2.45, 2.75) is 32.7 Å². The Bertz CT molecular complexity index is 465. The number of methoxy groups -OCH3 is 2. The Balaban J connectivity index is 2.81. The predicted octanol–water partition coefficient (Wildman–Crippen LogP) is 3.02. The molecular weight excluding hydrogens is 258 g/mol. The molecule has 0 aliphatic carbocycles. The van der Waals surface area contributed by atoms with Gasteiger partial charge in [-0.1, -0.05) is 6.07 Å². The average Bonchev–Trinajstić information content (AvgIpc) is 2.36. The van der Waals surface area contributed by atoms with Gasteiger partial charge in [-0.15, -0.1) is 0 Å². The Morgan fingerprint density at radius 3 is 2.25 bits per heavy atom. The van der Waals surface area contributed by atoms with Crippen LogP contribution in [0.5, 0.6) is 11.5 Å². The van der Waals surface area contributed by atoms with Gasteiger partial charge in [0, 0.05) is 12.1 Å². The molecule has 5 nitrogen and oxygen atoms in total. The summed E-state index contributed by atoms with van der Waals surface area (Å²) >= 11 is 0. The van der Waals surface area contributed by atoms with Gasteiger partial charge in [-0.05, 0) is 44.9 Å². The maximum absolute atomic E-state index is 11.3. The molecule has 1 rings (SSSR count). The molecule has 0 unspecified atom stereocenters. The first-order valence-corrected chi connectivity index (χ1v) is 6.51. The molecule has 0 radical (unpaired) electrons. The third-order valence-corrected chi connectivity index (χ3v) is 3.11. The van der Waals surface area contributed by atoms with E-state index in [1.54, 1.807) is 14.2 Å². The van der Waals surface area contributed by atoms with Crippen LogP contribution >= 0.6 is 0 Å². The number of hydrogen-bond acceptors (Lipinski definition) is 3. The van der Waals surface area contributed by atoms with Gasteiger partial charge in [0.05, 0.1) is 14.2 Å². The number of nitrogens with zero attached hydrogens (tertiary/aromatic N) is 1. The Labute approximate surface area is 120 Å². The summed E-state index contributed by atoms with van der Waals surface area (Å²) in [7, 11) is 3.17. The van der Waals surface area contributed by atoms with E-state index in [1.807, 2.05) is 39.0 Å². The van der Waals surface area contributed by atoms with Crippen molar-refractivity contribution in [1.82, 2.24) is 4.90 Å². The van der Waals surface area contributed by atoms with Crippen molar-refractivity contribution in [2.24, 2.45) is 0 Å². The van der Waals surface area contributed by atoms with E-state index in [4.69, 9.17) is 9.47 Å². The Hall–Kier alpha value is -1.91. The lowest BCUT2D eigenvalue weighted by Gasteiger charge is -2.33. The SMILES string of the molecule is COc1ccc(CCN(C(=O)O)C(C)(C)C)cc1OC. The summed E-state index contributed by atoms with van der Waals surface area (Å²) in [5.41, 5.74) is 0.598. The first-order valence-electron chi connectivity index (χ1n) is 6.51. The summed E-state index contributed by atoms with van der Waals surface area (Å²) in [6.45, 7) is 6.09. The average molecular weight is 281 g/mol. The van der Waals surface area contributed by atoms with Crippen LogP contribution in [0.15, 0.2) is 18.2 Å². The van der Waals surface area contributed by atoms with Gasteiger partial charge in [-0.2, -0.15) is 0 Å². The van der Waals surface area contributed by atoms with E-state index in [-0.39, 0.29) is 0 Å². The second-order valence-electron chi connectivity index (χ2n) is 5.54. The van der Waals surface area contributed by atoms with Gasteiger partial charge < -0.3 is 19.5 Å². The molecule has 20 heavy (non-hydrogen) atoms. The highest BCUT2D eigenvalue weighted by molar-refractivity contribution is 5.66. The molecule has 112 valence electrons. The highest BCUT2D eigenvalue weighted by atomic mass is 16.5. The lowest BCUT2D eigenvalue weighted by atomic mass is 10.0. The zero-order valence-electron chi connectivity index (χ0n) is 12.8. The molecule has 0 saturated carbocycles. The van der Waals surface area contributed by atoms with Crippen LogP contribution in [0.2, 0.25) is 0 Å². The van der Waals surface area contributed by atoms with Crippen molar-refractivity contribution in [3.8, 4) is 11.5 Å². The van der Waals surface area contributed by atoms with Crippen molar-refractivity contribution in [3.63, 3.8) is 0 Å². The fraction of sp³-hybridized carbons (Fsp3) is 0.533. The number of carboxylic acid groups (broad SMARTS) is 1. The molecule has 0 heterocycles. The Morgan fingerprint density at radius 2 is 1.80 bits per heavy atom. The Kier molecular flexibility index (Phi) is 5.25. The molecule has 1 aromatic carbocycles. The third-order valence-electron chi connectivity index (χ3n) is 3.11. The van der Waals surface area contributed by atoms with Gasteiger partial charge in [0.1, 0.15) is 0 Å². The standard InChI is InChI=1S/C15H23NO4/c1-15(2,3)16(14(17)18)9-8-11-6-7-12(19-4)13(10-11)20-5/h6-7,10H,8-9H2,1-5H3,(H,17,18). The minimum atomic E-state index is -0.905. The van der Waals surface area contributed by atoms with Gasteiger partial charge in [-0.25, -0.2) is 4.79 Å². The highest BCUT2D eigenvalue weighted by Gasteiger charge is 2.25. The number of rotatable bonds is 5. The quantitative estimate of drug-likeness (QED) is 0.901. The van der Waals surface area contributed by atoms with Crippen LogP contribution in [-0.2, 0) is 6.42 Å². The summed E-state index contributed by atoms with van der Waals surface area (Å²) < 4.78 is 10.4. The first kappa shape index (κ1) is 16.1. The molecule has 0 aliphatic heterocycles. The third kappa shape index (κ3) is 4.05. The molecule has 0 spiro atoms. The minimum absolute atomic E-state index is 0.414. The molecule has 0 aliphatic rings. The van der Waals surface area contributed by atoms with E-state index in [1.165, 1.54) is 4.90 Å². The van der Waals surface area contributed by atoms with Gasteiger partial charge in [0.15, 0.2) is 11.5 Å². The number of hydrogen-bond donors (Lipinski definition) is 1. The molecule has 0 bridgehead atoms. The van der Waals surface area contributed by atoms with Crippen molar-refractivity contribution in [3.05, 3.63) is 23.8 Å². The largest absolute Gasteiger partial charge is 0.493 e. The van der Waals surface area contributed by atoms with Crippen LogP contribution in [0.4, 0.5) is 4.79 Å². The fourth-order valence-electron chi connectivity index (χ4n) is 2.00. The van der Waals surface area contributed by atoms with Crippen molar-refractivity contribution < 1.29 is 19.4 Å². The normalized spacial score (nSPS) is 11.1. The summed E-state index contributed by atoms with van der Waals surface area (Å²) in [6.07, 6.45) is -0.276. The van der Waals surface area contributed by atoms with Gasteiger partial charge in [0.25, 0.3) is 0 Å². The van der Waals surface area contributed by atoms with Gasteiger partial charge in [-0.3, -0.25) is 0 Å². The highest BCUT2D eigenvalue weighted by Crippen LogP contribution is 2.28. The molecular formula is C15H23NO4. The summed E-state index contributed by atoms with van der Waals surface area (Å²) in [4.78, 5) is 12.7. The lowest BCUT2D eigenvalue weighted by Crippen LogP contribution is -2.45. The summed E-state index contributed by atoms with van der Waals surface area (Å²) in [5.74, 6) is 1.32. The molecule has 1 aromatic rings. The topological polar surface area (TPSA) is 59.0 Å². The zero-order valence-corrected chi connectivity index (χ0v) is 12.8. The fourth-order valence-corrected chi connectivity index (χ4v) is 2.00. The van der Waals surface area contributed by atoms with E-state index in [2.05, 4.69) is 0 Å². The summed E-state index contributed by atoms with van der Waals surface area (Å²) in [5, 5.41) is 9.25. The van der Waals surface area contributed by atoms with E-state index in [0.29, 0.717) is 24.5 Å². The van der Waals surface area contributed by atoms with Gasteiger partial charge >= 0.3 is 6.09 Å². The maximum atomic E-state index is 11.3. The number of benzene rings is 1. The molecule has 5 heteroatoms. The first-order chi connectivity index (χ1) is 9.29. The predicted molar refractivity (Wildman–Crippen MR) is 77.7 cm³/mol. The van der Waals surface area contributed by atoms with Crippen LogP contribution < -0.4 is 9.47 Å². The van der Waals surface area contributed by atoms with Crippen LogP contribution in [0.25, 0.3) is 0 Å². The molecule has 0 fully saturated rings. The van der Waals surface area contributed by atoms with Crippen LogP contribution in [0.3, 0.4) is 0 Å². The molecule has 0 saturated heterocycles. The van der Waals surface area contributed by atoms with E-state index >= 15 is 0 Å². The smallest absolute Gasteiger partial charge is 0.407 e. The summed E-state index contributed by atoms with van der Waals surface area (Å²) in [6, 6.07) is 5.63. The number of ether oxygens (including phenoxy) is 2. The van der Waals surface area contributed by atoms with Crippen molar-refractivity contribution >= 4 is 6.09 Å².